The van der Waals surface area contributed by atoms with Gasteiger partial charge in [-0.2, -0.15) is 0 Å². The van der Waals surface area contributed by atoms with E-state index in [-0.39, 0.29) is 23.1 Å². The van der Waals surface area contributed by atoms with Gasteiger partial charge in [-0.25, -0.2) is 9.78 Å². The van der Waals surface area contributed by atoms with Crippen LogP contribution in [-0.2, 0) is 4.74 Å². The van der Waals surface area contributed by atoms with E-state index in [0.29, 0.717) is 16.9 Å². The van der Waals surface area contributed by atoms with Crippen LogP contribution in [0.2, 0.25) is 0 Å². The molecule has 1 aromatic carbocycles. The normalized spacial score (nSPS) is 13.1. The van der Waals surface area contributed by atoms with Crippen LogP contribution in [0.3, 0.4) is 0 Å². The van der Waals surface area contributed by atoms with Gasteiger partial charge in [0.25, 0.3) is 5.69 Å². The number of carbonyl (C=O) groups is 2. The number of rotatable bonds is 8. The number of ketones is 1. The van der Waals surface area contributed by atoms with E-state index in [2.05, 4.69) is 10.3 Å². The molecular weight excluding hydrogens is 420 g/mol. The number of esters is 1. The van der Waals surface area contributed by atoms with Crippen molar-refractivity contribution < 1.29 is 19.2 Å². The minimum atomic E-state index is -0.789. The Morgan fingerprint density at radius 2 is 2.10 bits per heavy atom. The standard InChI is InChI=1S/C21H20N4O5S/c1-12-9-16(13(2)24(12)21-22-7-8-31-21)19(26)11-30-20(27)14-3-6-17(23-15-4-5-15)18(10-14)25(28)29/h3,6-10,15,23H,4-5,11H2,1-2H3. The molecule has 2 heterocycles. The second kappa shape index (κ2) is 8.31. The predicted molar refractivity (Wildman–Crippen MR) is 115 cm³/mol. The zero-order chi connectivity index (χ0) is 22.1. The number of nitrogens with one attached hydrogen (secondary N) is 1. The summed E-state index contributed by atoms with van der Waals surface area (Å²) in [7, 11) is 0. The maximum absolute atomic E-state index is 12.7. The number of nitro groups is 1. The smallest absolute Gasteiger partial charge is 0.338 e. The molecule has 2 aromatic heterocycles. The van der Waals surface area contributed by atoms with Gasteiger partial charge in [-0.15, -0.1) is 11.3 Å². The Balaban J connectivity index is 1.46. The fourth-order valence-corrected chi connectivity index (χ4v) is 4.09. The van der Waals surface area contributed by atoms with Gasteiger partial charge in [0, 0.05) is 40.6 Å². The summed E-state index contributed by atoms with van der Waals surface area (Å²) in [4.78, 5) is 40.2. The van der Waals surface area contributed by atoms with Crippen molar-refractivity contribution in [3.05, 3.63) is 68.5 Å². The number of aryl methyl sites for hydroxylation is 1. The second-order valence-corrected chi connectivity index (χ2v) is 8.21. The average Bonchev–Trinajstić information content (AvgIpc) is 3.29. The largest absolute Gasteiger partial charge is 0.454 e. The Morgan fingerprint density at radius 3 is 2.74 bits per heavy atom. The highest BCUT2D eigenvalue weighted by Gasteiger charge is 2.26. The molecule has 1 N–H and O–H groups in total. The number of hydrogen-bond acceptors (Lipinski definition) is 8. The van der Waals surface area contributed by atoms with E-state index in [4.69, 9.17) is 4.74 Å². The molecule has 9 nitrogen and oxygen atoms in total. The van der Waals surface area contributed by atoms with Gasteiger partial charge < -0.3 is 10.1 Å². The van der Waals surface area contributed by atoms with Crippen LogP contribution in [0.4, 0.5) is 11.4 Å². The second-order valence-electron chi connectivity index (χ2n) is 7.34. The van der Waals surface area contributed by atoms with E-state index in [9.17, 15) is 19.7 Å². The van der Waals surface area contributed by atoms with Crippen LogP contribution in [-0.4, -0.2) is 38.9 Å². The van der Waals surface area contributed by atoms with Crippen molar-refractivity contribution in [3.63, 3.8) is 0 Å². The molecule has 0 bridgehead atoms. The molecular formula is C21H20N4O5S. The van der Waals surface area contributed by atoms with E-state index >= 15 is 0 Å². The van der Waals surface area contributed by atoms with E-state index < -0.39 is 17.5 Å². The number of anilines is 1. The number of carbonyl (C=O) groups excluding carboxylic acids is 2. The summed E-state index contributed by atoms with van der Waals surface area (Å²) >= 11 is 1.45. The van der Waals surface area contributed by atoms with Crippen molar-refractivity contribution >= 4 is 34.5 Å². The Labute approximate surface area is 181 Å². The lowest BCUT2D eigenvalue weighted by Gasteiger charge is -2.08. The number of nitrogens with zero attached hydrogens (tertiary/aromatic N) is 3. The maximum Gasteiger partial charge on any atom is 0.338 e. The number of ether oxygens (including phenoxy) is 1. The monoisotopic (exact) mass is 440 g/mol. The van der Waals surface area contributed by atoms with Crippen LogP contribution in [0.1, 0.15) is 44.9 Å². The molecule has 0 saturated heterocycles. The lowest BCUT2D eigenvalue weighted by atomic mass is 10.1. The van der Waals surface area contributed by atoms with E-state index in [1.54, 1.807) is 19.2 Å². The van der Waals surface area contributed by atoms with Crippen molar-refractivity contribution in [2.75, 3.05) is 11.9 Å². The van der Waals surface area contributed by atoms with Gasteiger partial charge in [0.05, 0.1) is 10.5 Å². The van der Waals surface area contributed by atoms with E-state index in [0.717, 1.165) is 23.7 Å². The summed E-state index contributed by atoms with van der Waals surface area (Å²) in [6, 6.07) is 6.09. The Morgan fingerprint density at radius 1 is 1.32 bits per heavy atom. The molecule has 0 unspecified atom stereocenters. The summed E-state index contributed by atoms with van der Waals surface area (Å²) in [6.07, 6.45) is 3.62. The summed E-state index contributed by atoms with van der Waals surface area (Å²) < 4.78 is 7.02. The highest BCUT2D eigenvalue weighted by molar-refractivity contribution is 7.12. The van der Waals surface area contributed by atoms with Gasteiger partial charge in [-0.1, -0.05) is 0 Å². The fourth-order valence-electron chi connectivity index (χ4n) is 3.34. The summed E-state index contributed by atoms with van der Waals surface area (Å²) in [5.41, 5.74) is 2.19. The minimum Gasteiger partial charge on any atom is -0.454 e. The number of Topliss-reactive ketones (excluding diaryl/α,β-unsaturated/α-hetero) is 1. The summed E-state index contributed by atoms with van der Waals surface area (Å²) in [5.74, 6) is -1.14. The quantitative estimate of drug-likeness (QED) is 0.243. The Hall–Kier alpha value is -3.53. The van der Waals surface area contributed by atoms with Crippen molar-refractivity contribution in [1.29, 1.82) is 0 Å². The number of nitro benzene ring substituents is 1. The summed E-state index contributed by atoms with van der Waals surface area (Å²) in [5, 5.41) is 17.0. The molecule has 31 heavy (non-hydrogen) atoms. The van der Waals surface area contributed by atoms with Gasteiger partial charge in [-0.05, 0) is 44.9 Å². The first-order chi connectivity index (χ1) is 14.8. The van der Waals surface area contributed by atoms with Gasteiger partial charge >= 0.3 is 5.97 Å². The number of benzene rings is 1. The molecule has 160 valence electrons. The number of thiazole rings is 1. The van der Waals surface area contributed by atoms with Crippen LogP contribution in [0.25, 0.3) is 5.13 Å². The molecule has 0 radical (unpaired) electrons. The maximum atomic E-state index is 12.7. The molecule has 0 aliphatic heterocycles. The third kappa shape index (κ3) is 4.33. The van der Waals surface area contributed by atoms with Crippen LogP contribution in [0, 0.1) is 24.0 Å². The van der Waals surface area contributed by atoms with Crippen molar-refractivity contribution in [2.24, 2.45) is 0 Å². The van der Waals surface area contributed by atoms with Crippen molar-refractivity contribution in [1.82, 2.24) is 9.55 Å². The molecule has 0 spiro atoms. The van der Waals surface area contributed by atoms with E-state index in [1.807, 2.05) is 16.9 Å². The first-order valence-electron chi connectivity index (χ1n) is 9.69. The molecule has 4 rings (SSSR count). The summed E-state index contributed by atoms with van der Waals surface area (Å²) in [6.45, 7) is 3.21. The van der Waals surface area contributed by atoms with Gasteiger partial charge in [0.15, 0.2) is 11.7 Å². The fraction of sp³-hybridized carbons (Fsp3) is 0.286. The molecule has 10 heteroatoms. The zero-order valence-corrected chi connectivity index (χ0v) is 17.8. The molecule has 0 atom stereocenters. The topological polar surface area (TPSA) is 116 Å². The molecule has 1 aliphatic rings. The SMILES string of the molecule is Cc1cc(C(=O)COC(=O)c2ccc(NC3CC3)c([N+](=O)[O-])c2)c(C)n1-c1nccs1. The molecule has 3 aromatic rings. The van der Waals surface area contributed by atoms with Crippen LogP contribution < -0.4 is 5.32 Å². The number of hydrogen-bond donors (Lipinski definition) is 1. The molecule has 1 aliphatic carbocycles. The predicted octanol–water partition coefficient (Wildman–Crippen LogP) is 4.07. The minimum absolute atomic E-state index is 0.0223. The first-order valence-corrected chi connectivity index (χ1v) is 10.6. The van der Waals surface area contributed by atoms with Crippen LogP contribution >= 0.6 is 11.3 Å². The zero-order valence-electron chi connectivity index (χ0n) is 17.0. The first kappa shape index (κ1) is 20.7. The number of aromatic nitrogens is 2. The Bertz CT molecular complexity index is 1160. The lowest BCUT2D eigenvalue weighted by molar-refractivity contribution is -0.384. The Kier molecular flexibility index (Phi) is 5.55. The third-order valence-corrected chi connectivity index (χ3v) is 5.80. The van der Waals surface area contributed by atoms with Crippen molar-refractivity contribution in [2.45, 2.75) is 32.7 Å². The average molecular weight is 440 g/mol. The van der Waals surface area contributed by atoms with E-state index in [1.165, 1.54) is 29.5 Å². The van der Waals surface area contributed by atoms with Gasteiger partial charge in [0.2, 0.25) is 5.78 Å². The third-order valence-electron chi connectivity index (χ3n) is 5.04. The molecule has 0 amide bonds. The van der Waals surface area contributed by atoms with Gasteiger partial charge in [-0.3, -0.25) is 19.5 Å². The molecule has 1 saturated carbocycles. The molecule has 1 fully saturated rings. The highest BCUT2D eigenvalue weighted by Crippen LogP contribution is 2.31. The van der Waals surface area contributed by atoms with Crippen LogP contribution in [0.15, 0.2) is 35.8 Å². The highest BCUT2D eigenvalue weighted by atomic mass is 32.1. The van der Waals surface area contributed by atoms with Crippen LogP contribution in [0.5, 0.6) is 0 Å². The lowest BCUT2D eigenvalue weighted by Crippen LogP contribution is -2.15. The van der Waals surface area contributed by atoms with Gasteiger partial charge in [0.1, 0.15) is 5.69 Å². The van der Waals surface area contributed by atoms with Crippen molar-refractivity contribution in [3.8, 4) is 5.13 Å².